The first-order chi connectivity index (χ1) is 18.0. The third-order valence-electron chi connectivity index (χ3n) is 8.28. The van der Waals surface area contributed by atoms with Crippen LogP contribution in [0, 0.1) is 17.5 Å². The highest BCUT2D eigenvalue weighted by molar-refractivity contribution is 5.99. The van der Waals surface area contributed by atoms with E-state index < -0.39 is 35.2 Å². The molecule has 0 aliphatic carbocycles. The van der Waals surface area contributed by atoms with E-state index in [1.165, 1.54) is 0 Å². The van der Waals surface area contributed by atoms with E-state index in [0.717, 1.165) is 23.4 Å². The lowest BCUT2D eigenvalue weighted by molar-refractivity contribution is -0.146. The Hall–Kier alpha value is -3.36. The summed E-state index contributed by atoms with van der Waals surface area (Å²) in [6.07, 6.45) is 3.28. The van der Waals surface area contributed by atoms with Gasteiger partial charge in [0.15, 0.2) is 17.5 Å². The van der Waals surface area contributed by atoms with Gasteiger partial charge in [-0.15, -0.1) is 0 Å². The van der Waals surface area contributed by atoms with Crippen molar-refractivity contribution < 1.29 is 27.1 Å². The normalized spacial score (nSPS) is 30.2. The largest absolute Gasteiger partial charge is 0.495 e. The molecular weight excluding hydrogens is 498 g/mol. The molecule has 2 aromatic carbocycles. The number of hydrogen-bond donors (Lipinski definition) is 0. The molecule has 0 aromatic heterocycles. The van der Waals surface area contributed by atoms with Gasteiger partial charge in [-0.3, -0.25) is 9.79 Å². The highest BCUT2D eigenvalue weighted by atomic mass is 19.2. The van der Waals surface area contributed by atoms with Gasteiger partial charge in [-0.1, -0.05) is 6.07 Å². The van der Waals surface area contributed by atoms with Crippen molar-refractivity contribution in [2.45, 2.75) is 76.3 Å². The minimum absolute atomic E-state index is 0.0393. The summed E-state index contributed by atoms with van der Waals surface area (Å²) in [5.74, 6) is -4.00. The van der Waals surface area contributed by atoms with Gasteiger partial charge in [0.2, 0.25) is 0 Å². The summed E-state index contributed by atoms with van der Waals surface area (Å²) in [5.41, 5.74) is 0.830. The van der Waals surface area contributed by atoms with Crippen LogP contribution in [-0.4, -0.2) is 48.6 Å². The third kappa shape index (κ3) is 4.35. The van der Waals surface area contributed by atoms with Crippen molar-refractivity contribution in [3.05, 3.63) is 64.5 Å². The van der Waals surface area contributed by atoms with E-state index in [1.54, 1.807) is 31.3 Å². The standard InChI is InChI=1S/C29H31F4N3O2/c1-16-17(2)35(15-34-16)25-8-5-18(10-26(25)38-4)9-19-6-7-22-13-21(30)14-29(3,36(22)28(19)37)20-11-23(31)27(33)24(32)12-20/h5,8-12,15-17,21-22H,6-7,13-14H2,1-4H3/b19-9+/t16?,17-,21-,22-,29+/m1/s1. The molecule has 9 heteroatoms. The number of ether oxygens (including phenoxy) is 1. The molecular formula is C29H31F4N3O2. The van der Waals surface area contributed by atoms with Crippen LogP contribution in [0.4, 0.5) is 23.2 Å². The predicted octanol–water partition coefficient (Wildman–Crippen LogP) is 6.16. The molecule has 0 spiro atoms. The fourth-order valence-electron chi connectivity index (χ4n) is 6.01. The molecule has 5 nitrogen and oxygen atoms in total. The zero-order chi connectivity index (χ0) is 27.4. The van der Waals surface area contributed by atoms with Crippen LogP contribution in [0.25, 0.3) is 6.08 Å². The number of amides is 1. The maximum Gasteiger partial charge on any atom is 0.250 e. The summed E-state index contributed by atoms with van der Waals surface area (Å²) >= 11 is 0. The van der Waals surface area contributed by atoms with E-state index in [4.69, 9.17) is 4.74 Å². The number of piperidine rings is 2. The number of anilines is 1. The number of rotatable bonds is 4. The summed E-state index contributed by atoms with van der Waals surface area (Å²) < 4.78 is 62.5. The lowest BCUT2D eigenvalue weighted by atomic mass is 9.75. The maximum absolute atomic E-state index is 14.8. The van der Waals surface area contributed by atoms with E-state index in [9.17, 15) is 22.4 Å². The van der Waals surface area contributed by atoms with Crippen LogP contribution < -0.4 is 9.64 Å². The zero-order valence-electron chi connectivity index (χ0n) is 21.8. The van der Waals surface area contributed by atoms with Crippen molar-refractivity contribution in [2.24, 2.45) is 4.99 Å². The van der Waals surface area contributed by atoms with Crippen molar-refractivity contribution in [3.8, 4) is 5.75 Å². The Balaban J connectivity index is 1.49. The fraction of sp³-hybridized carbons (Fsp3) is 0.448. The molecule has 202 valence electrons. The van der Waals surface area contributed by atoms with Gasteiger partial charge in [0.1, 0.15) is 11.9 Å². The van der Waals surface area contributed by atoms with Crippen LogP contribution >= 0.6 is 0 Å². The lowest BCUT2D eigenvalue weighted by Gasteiger charge is -2.53. The average Bonchev–Trinajstić information content (AvgIpc) is 3.21. The summed E-state index contributed by atoms with van der Waals surface area (Å²) in [6.45, 7) is 5.72. The van der Waals surface area contributed by atoms with E-state index in [1.807, 2.05) is 30.0 Å². The molecule has 5 atom stereocenters. The van der Waals surface area contributed by atoms with Crippen molar-refractivity contribution in [2.75, 3.05) is 12.0 Å². The molecule has 5 rings (SSSR count). The summed E-state index contributed by atoms with van der Waals surface area (Å²) in [4.78, 5) is 21.9. The van der Waals surface area contributed by atoms with E-state index in [2.05, 4.69) is 11.9 Å². The number of benzene rings is 2. The Kier molecular flexibility index (Phi) is 6.73. The van der Waals surface area contributed by atoms with Crippen molar-refractivity contribution in [1.82, 2.24) is 4.90 Å². The Morgan fingerprint density at radius 1 is 1.13 bits per heavy atom. The monoisotopic (exact) mass is 529 g/mol. The molecule has 2 fully saturated rings. The second kappa shape index (κ2) is 9.75. The number of hydrogen-bond acceptors (Lipinski definition) is 4. The number of halogens is 4. The van der Waals surface area contributed by atoms with Crippen LogP contribution in [0.1, 0.15) is 57.6 Å². The number of nitrogens with zero attached hydrogens (tertiary/aromatic N) is 3. The number of fused-ring (bicyclic) bond motifs is 1. The highest BCUT2D eigenvalue weighted by Crippen LogP contribution is 2.46. The van der Waals surface area contributed by atoms with Gasteiger partial charge in [0.05, 0.1) is 36.8 Å². The van der Waals surface area contributed by atoms with Gasteiger partial charge in [0.25, 0.3) is 5.91 Å². The van der Waals surface area contributed by atoms with Crippen LogP contribution in [-0.2, 0) is 10.3 Å². The van der Waals surface area contributed by atoms with Crippen LogP contribution in [0.3, 0.4) is 0 Å². The van der Waals surface area contributed by atoms with E-state index >= 15 is 0 Å². The van der Waals surface area contributed by atoms with Crippen LogP contribution in [0.5, 0.6) is 5.75 Å². The molecule has 3 heterocycles. The molecule has 3 aliphatic heterocycles. The molecule has 38 heavy (non-hydrogen) atoms. The van der Waals surface area contributed by atoms with Gasteiger partial charge < -0.3 is 14.5 Å². The second-order valence-electron chi connectivity index (χ2n) is 10.7. The second-order valence-corrected chi connectivity index (χ2v) is 10.7. The molecule has 2 aromatic rings. The number of methoxy groups -OCH3 is 1. The van der Waals surface area contributed by atoms with Gasteiger partial charge >= 0.3 is 0 Å². The number of alkyl halides is 1. The molecule has 1 unspecified atom stereocenters. The first-order valence-electron chi connectivity index (χ1n) is 12.9. The fourth-order valence-corrected chi connectivity index (χ4v) is 6.01. The molecule has 0 radical (unpaired) electrons. The Morgan fingerprint density at radius 3 is 2.47 bits per heavy atom. The van der Waals surface area contributed by atoms with Crippen molar-refractivity contribution in [3.63, 3.8) is 0 Å². The SMILES string of the molecule is COc1cc(/C=C2\CC[C@@H]3C[C@@H](F)C[C@@](C)(c4cc(F)c(F)c(F)c4)N3C2=O)ccc1N1C=NC(C)[C@H]1C. The highest BCUT2D eigenvalue weighted by Gasteiger charge is 2.50. The Bertz CT molecular complexity index is 1310. The molecule has 3 aliphatic rings. The predicted molar refractivity (Wildman–Crippen MR) is 139 cm³/mol. The minimum atomic E-state index is -1.59. The molecule has 0 N–H and O–H groups in total. The maximum atomic E-state index is 14.8. The third-order valence-corrected chi connectivity index (χ3v) is 8.28. The molecule has 0 bridgehead atoms. The summed E-state index contributed by atoms with van der Waals surface area (Å²) in [5, 5.41) is 0. The minimum Gasteiger partial charge on any atom is -0.495 e. The van der Waals surface area contributed by atoms with Crippen LogP contribution in [0.15, 0.2) is 40.9 Å². The zero-order valence-corrected chi connectivity index (χ0v) is 21.8. The molecule has 0 saturated carbocycles. The lowest BCUT2D eigenvalue weighted by Crippen LogP contribution is -2.60. The topological polar surface area (TPSA) is 45.1 Å². The number of carbonyl (C=O) groups is 1. The van der Waals surface area contributed by atoms with Gasteiger partial charge in [-0.25, -0.2) is 17.6 Å². The average molecular weight is 530 g/mol. The van der Waals surface area contributed by atoms with Crippen molar-refractivity contribution in [1.29, 1.82) is 0 Å². The van der Waals surface area contributed by atoms with Gasteiger partial charge in [-0.05, 0) is 81.5 Å². The summed E-state index contributed by atoms with van der Waals surface area (Å²) in [6, 6.07) is 7.29. The molecule has 1 amide bonds. The number of aliphatic imine (C=N–C) groups is 1. The van der Waals surface area contributed by atoms with E-state index in [-0.39, 0.29) is 36.4 Å². The van der Waals surface area contributed by atoms with Crippen molar-refractivity contribution >= 4 is 24.0 Å². The quantitative estimate of drug-likeness (QED) is 0.271. The van der Waals surface area contributed by atoms with Gasteiger partial charge in [-0.2, -0.15) is 0 Å². The number of carbonyl (C=O) groups excluding carboxylic acids is 1. The van der Waals surface area contributed by atoms with E-state index in [0.29, 0.717) is 24.2 Å². The first-order valence-corrected chi connectivity index (χ1v) is 12.9. The molecule has 2 saturated heterocycles. The van der Waals surface area contributed by atoms with Crippen LogP contribution in [0.2, 0.25) is 0 Å². The smallest absolute Gasteiger partial charge is 0.250 e. The Morgan fingerprint density at radius 2 is 1.84 bits per heavy atom. The summed E-state index contributed by atoms with van der Waals surface area (Å²) in [7, 11) is 1.58. The van der Waals surface area contributed by atoms with Gasteiger partial charge in [0, 0.05) is 18.0 Å². The Labute approximate surface area is 219 Å². The first kappa shape index (κ1) is 26.3.